The van der Waals surface area contributed by atoms with Crippen LogP contribution in [0.15, 0.2) is 59.5 Å². The first kappa shape index (κ1) is 22.8. The number of hydrogen-bond acceptors (Lipinski definition) is 5. The van der Waals surface area contributed by atoms with Crippen LogP contribution in [0, 0.1) is 0 Å². The van der Waals surface area contributed by atoms with Crippen LogP contribution in [0.4, 0.5) is 0 Å². The lowest BCUT2D eigenvalue weighted by Crippen LogP contribution is -2.47. The molecule has 0 aromatic heterocycles. The van der Waals surface area contributed by atoms with Gasteiger partial charge in [-0.1, -0.05) is 30.3 Å². The maximum Gasteiger partial charge on any atom is 0.309 e. The van der Waals surface area contributed by atoms with Crippen molar-refractivity contribution in [3.05, 3.63) is 60.2 Å². The quantitative estimate of drug-likeness (QED) is 0.597. The molecule has 1 aliphatic rings. The number of methoxy groups -OCH3 is 1. The van der Waals surface area contributed by atoms with Gasteiger partial charge in [0.15, 0.2) is 0 Å². The van der Waals surface area contributed by atoms with E-state index in [1.165, 1.54) is 4.31 Å². The van der Waals surface area contributed by atoms with Gasteiger partial charge in [0.2, 0.25) is 10.0 Å². The summed E-state index contributed by atoms with van der Waals surface area (Å²) in [5, 5.41) is 5.16. The molecule has 0 aliphatic carbocycles. The molecule has 3 rings (SSSR count). The summed E-state index contributed by atoms with van der Waals surface area (Å²) in [6, 6.07) is 15.3. The number of carbonyl (C=O) groups is 2. The van der Waals surface area contributed by atoms with Gasteiger partial charge in [0.25, 0.3) is 0 Å². The molecule has 2 amide bonds. The lowest BCUT2D eigenvalue weighted by molar-refractivity contribution is -0.139. The van der Waals surface area contributed by atoms with Crippen molar-refractivity contribution in [1.29, 1.82) is 0 Å². The van der Waals surface area contributed by atoms with Gasteiger partial charge in [-0.3, -0.25) is 9.59 Å². The van der Waals surface area contributed by atoms with Crippen LogP contribution in [0.1, 0.15) is 18.4 Å². The van der Waals surface area contributed by atoms with Crippen LogP contribution in [0.3, 0.4) is 0 Å². The molecule has 1 saturated heterocycles. The smallest absolute Gasteiger partial charge is 0.309 e. The van der Waals surface area contributed by atoms with Gasteiger partial charge in [0, 0.05) is 25.7 Å². The summed E-state index contributed by atoms with van der Waals surface area (Å²) in [7, 11) is -2.04. The summed E-state index contributed by atoms with van der Waals surface area (Å²) in [5.74, 6) is -0.745. The molecule has 31 heavy (non-hydrogen) atoms. The summed E-state index contributed by atoms with van der Waals surface area (Å²) in [6.45, 7) is 0.805. The van der Waals surface area contributed by atoms with Crippen molar-refractivity contribution in [2.45, 2.75) is 30.2 Å². The molecule has 1 heterocycles. The Morgan fingerprint density at radius 3 is 2.39 bits per heavy atom. The van der Waals surface area contributed by atoms with E-state index in [0.29, 0.717) is 32.4 Å². The molecule has 166 valence electrons. The SMILES string of the molecule is COc1ccc(CCNC(=O)C(=O)NC[C@@H]2CCCN2S(=O)(=O)c2ccccc2)cc1. The van der Waals surface area contributed by atoms with E-state index in [-0.39, 0.29) is 17.5 Å². The van der Waals surface area contributed by atoms with E-state index in [9.17, 15) is 18.0 Å². The molecule has 1 fully saturated rings. The van der Waals surface area contributed by atoms with Crippen LogP contribution < -0.4 is 15.4 Å². The lowest BCUT2D eigenvalue weighted by atomic mass is 10.1. The monoisotopic (exact) mass is 445 g/mol. The van der Waals surface area contributed by atoms with Crippen LogP contribution in [0.25, 0.3) is 0 Å². The van der Waals surface area contributed by atoms with Crippen molar-refractivity contribution < 1.29 is 22.7 Å². The summed E-state index contributed by atoms with van der Waals surface area (Å²) in [5.41, 5.74) is 1.01. The Kier molecular flexibility index (Phi) is 7.64. The molecule has 0 bridgehead atoms. The minimum absolute atomic E-state index is 0.0940. The Morgan fingerprint density at radius 1 is 1.03 bits per heavy atom. The van der Waals surface area contributed by atoms with E-state index in [2.05, 4.69) is 10.6 Å². The van der Waals surface area contributed by atoms with Gasteiger partial charge in [0.05, 0.1) is 12.0 Å². The number of benzene rings is 2. The molecule has 2 N–H and O–H groups in total. The molecule has 1 aliphatic heterocycles. The zero-order valence-corrected chi connectivity index (χ0v) is 18.2. The minimum atomic E-state index is -3.63. The molecule has 0 unspecified atom stereocenters. The van der Waals surface area contributed by atoms with Crippen molar-refractivity contribution in [3.8, 4) is 5.75 Å². The standard InChI is InChI=1S/C22H27N3O5S/c1-30-19-11-9-17(10-12-19)13-14-23-21(26)22(27)24-16-18-6-5-15-25(18)31(28,29)20-7-3-2-4-8-20/h2-4,7-12,18H,5-6,13-16H2,1H3,(H,23,26)(H,24,27)/t18-/m0/s1. The Morgan fingerprint density at radius 2 is 1.71 bits per heavy atom. The molecule has 2 aromatic rings. The molecule has 8 nitrogen and oxygen atoms in total. The van der Waals surface area contributed by atoms with Crippen LogP contribution >= 0.6 is 0 Å². The summed E-state index contributed by atoms with van der Waals surface area (Å²) in [6.07, 6.45) is 1.92. The first-order valence-corrected chi connectivity index (χ1v) is 11.6. The molecule has 0 saturated carbocycles. The lowest BCUT2D eigenvalue weighted by Gasteiger charge is -2.24. The molecule has 1 atom stereocenters. The van der Waals surface area contributed by atoms with Crippen LogP contribution in [-0.2, 0) is 26.0 Å². The Hall–Kier alpha value is -2.91. The van der Waals surface area contributed by atoms with E-state index >= 15 is 0 Å². The fraction of sp³-hybridized carbons (Fsp3) is 0.364. The zero-order chi connectivity index (χ0) is 22.3. The number of ether oxygens (including phenoxy) is 1. The number of carbonyl (C=O) groups excluding carboxylic acids is 2. The molecule has 9 heteroatoms. The molecule has 0 spiro atoms. The molecular formula is C22H27N3O5S. The molecular weight excluding hydrogens is 418 g/mol. The average molecular weight is 446 g/mol. The first-order chi connectivity index (χ1) is 14.9. The summed E-state index contributed by atoms with van der Waals surface area (Å²) in [4.78, 5) is 24.4. The van der Waals surface area contributed by atoms with Crippen LogP contribution in [0.5, 0.6) is 5.75 Å². The highest BCUT2D eigenvalue weighted by atomic mass is 32.2. The van der Waals surface area contributed by atoms with Crippen molar-refractivity contribution in [1.82, 2.24) is 14.9 Å². The third-order valence-corrected chi connectivity index (χ3v) is 7.20. The fourth-order valence-corrected chi connectivity index (χ4v) is 5.25. The largest absolute Gasteiger partial charge is 0.497 e. The van der Waals surface area contributed by atoms with Gasteiger partial charge >= 0.3 is 11.8 Å². The van der Waals surface area contributed by atoms with Crippen LogP contribution in [-0.4, -0.2) is 57.3 Å². The number of hydrogen-bond donors (Lipinski definition) is 2. The van der Waals surface area contributed by atoms with E-state index < -0.39 is 21.8 Å². The van der Waals surface area contributed by atoms with Gasteiger partial charge in [-0.05, 0) is 49.1 Å². The highest BCUT2D eigenvalue weighted by molar-refractivity contribution is 7.89. The third kappa shape index (κ3) is 5.83. The van der Waals surface area contributed by atoms with E-state index in [1.807, 2.05) is 24.3 Å². The summed E-state index contributed by atoms with van der Waals surface area (Å²) < 4.78 is 32.2. The van der Waals surface area contributed by atoms with Crippen LogP contribution in [0.2, 0.25) is 0 Å². The second-order valence-electron chi connectivity index (χ2n) is 7.29. The number of nitrogens with zero attached hydrogens (tertiary/aromatic N) is 1. The second-order valence-corrected chi connectivity index (χ2v) is 9.18. The maximum atomic E-state index is 12.9. The van der Waals surface area contributed by atoms with Crippen molar-refractivity contribution >= 4 is 21.8 Å². The fourth-order valence-electron chi connectivity index (χ4n) is 3.54. The Bertz CT molecular complexity index is 994. The predicted octanol–water partition coefficient (Wildman–Crippen LogP) is 1.32. The summed E-state index contributed by atoms with van der Waals surface area (Å²) >= 11 is 0. The van der Waals surface area contributed by atoms with E-state index in [1.54, 1.807) is 37.4 Å². The number of sulfonamides is 1. The Balaban J connectivity index is 1.47. The van der Waals surface area contributed by atoms with Crippen molar-refractivity contribution in [2.75, 3.05) is 26.7 Å². The highest BCUT2D eigenvalue weighted by Crippen LogP contribution is 2.25. The highest BCUT2D eigenvalue weighted by Gasteiger charge is 2.35. The number of amides is 2. The van der Waals surface area contributed by atoms with Gasteiger partial charge in [-0.25, -0.2) is 8.42 Å². The van der Waals surface area contributed by atoms with E-state index in [0.717, 1.165) is 11.3 Å². The number of nitrogens with one attached hydrogen (secondary N) is 2. The topological polar surface area (TPSA) is 105 Å². The third-order valence-electron chi connectivity index (χ3n) is 5.24. The van der Waals surface area contributed by atoms with Crippen molar-refractivity contribution in [3.63, 3.8) is 0 Å². The minimum Gasteiger partial charge on any atom is -0.497 e. The Labute approximate surface area is 182 Å². The van der Waals surface area contributed by atoms with Gasteiger partial charge in [-0.2, -0.15) is 4.31 Å². The zero-order valence-electron chi connectivity index (χ0n) is 17.4. The predicted molar refractivity (Wildman–Crippen MR) is 116 cm³/mol. The molecule has 0 radical (unpaired) electrons. The van der Waals surface area contributed by atoms with Gasteiger partial charge < -0.3 is 15.4 Å². The average Bonchev–Trinajstić information content (AvgIpc) is 3.28. The molecule has 2 aromatic carbocycles. The first-order valence-electron chi connectivity index (χ1n) is 10.2. The van der Waals surface area contributed by atoms with Gasteiger partial charge in [-0.15, -0.1) is 0 Å². The van der Waals surface area contributed by atoms with Crippen molar-refractivity contribution in [2.24, 2.45) is 0 Å². The second kappa shape index (κ2) is 10.4. The number of rotatable bonds is 8. The van der Waals surface area contributed by atoms with Gasteiger partial charge in [0.1, 0.15) is 5.75 Å². The normalized spacial score (nSPS) is 16.6. The van der Waals surface area contributed by atoms with E-state index in [4.69, 9.17) is 4.74 Å². The maximum absolute atomic E-state index is 12.9.